The van der Waals surface area contributed by atoms with Crippen molar-refractivity contribution in [1.82, 2.24) is 10.3 Å². The lowest BCUT2D eigenvalue weighted by atomic mass is 9.85. The topological polar surface area (TPSA) is 97.7 Å². The fraction of sp³-hybridized carbons (Fsp3) is 0.423. The quantitative estimate of drug-likeness (QED) is 0.628. The van der Waals surface area contributed by atoms with Crippen LogP contribution in [0.5, 0.6) is 0 Å². The van der Waals surface area contributed by atoms with Crippen molar-refractivity contribution in [3.63, 3.8) is 0 Å². The number of ketones is 2. The summed E-state index contributed by atoms with van der Waals surface area (Å²) >= 11 is 0. The minimum absolute atomic E-state index is 0.00231. The Labute approximate surface area is 201 Å². The van der Waals surface area contributed by atoms with Gasteiger partial charge < -0.3 is 10.2 Å². The molecule has 2 heterocycles. The van der Waals surface area contributed by atoms with Gasteiger partial charge in [0.25, 0.3) is 5.91 Å². The minimum atomic E-state index is -0.899. The third kappa shape index (κ3) is 4.99. The van der Waals surface area contributed by atoms with E-state index < -0.39 is 29.1 Å². The molecule has 1 aliphatic carbocycles. The molecule has 2 atom stereocenters. The minimum Gasteiger partial charge on any atom is -0.389 e. The molecule has 1 fully saturated rings. The van der Waals surface area contributed by atoms with E-state index in [4.69, 9.17) is 4.84 Å². The highest BCUT2D eigenvalue weighted by Gasteiger charge is 2.43. The van der Waals surface area contributed by atoms with Crippen molar-refractivity contribution in [1.29, 1.82) is 0 Å². The van der Waals surface area contributed by atoms with Crippen LogP contribution in [-0.4, -0.2) is 40.3 Å². The van der Waals surface area contributed by atoms with Crippen LogP contribution >= 0.6 is 0 Å². The van der Waals surface area contributed by atoms with E-state index in [2.05, 4.69) is 15.5 Å². The molecule has 4 rings (SSSR count). The zero-order valence-corrected chi connectivity index (χ0v) is 20.1. The third-order valence-corrected chi connectivity index (χ3v) is 6.46. The average molecular weight is 484 g/mol. The van der Waals surface area contributed by atoms with Crippen LogP contribution in [0.3, 0.4) is 0 Å². The lowest BCUT2D eigenvalue weighted by Gasteiger charge is -2.17. The second-order valence-electron chi connectivity index (χ2n) is 9.82. The highest BCUT2D eigenvalue weighted by atomic mass is 19.1. The molecule has 1 aliphatic heterocycles. The zero-order valence-electron chi connectivity index (χ0n) is 20.1. The standard InChI is InChI=1S/C26H27F2N3O4/c1-13-7-16(23-18(28)10-17(27)12-30-23)8-14(2)21(13)22-20(32)9-15(24(22)33)5-6-29-25(34)19-11-26(3,4)35-31-19/h7-8,10,12,15,22H,5-6,9,11H2,1-4H3,(H,29,34). The number of hydrogen-bond donors (Lipinski definition) is 1. The van der Waals surface area contributed by atoms with Gasteiger partial charge in [0.05, 0.1) is 6.20 Å². The van der Waals surface area contributed by atoms with E-state index in [1.165, 1.54) is 0 Å². The smallest absolute Gasteiger partial charge is 0.269 e. The van der Waals surface area contributed by atoms with Gasteiger partial charge in [-0.3, -0.25) is 19.4 Å². The average Bonchev–Trinajstić information content (AvgIpc) is 3.26. The molecule has 0 bridgehead atoms. The molecule has 1 aromatic heterocycles. The number of carbonyl (C=O) groups is 3. The second-order valence-corrected chi connectivity index (χ2v) is 9.82. The van der Waals surface area contributed by atoms with Gasteiger partial charge in [0, 0.05) is 36.9 Å². The second kappa shape index (κ2) is 9.28. The van der Waals surface area contributed by atoms with Crippen LogP contribution in [0.4, 0.5) is 8.78 Å². The summed E-state index contributed by atoms with van der Waals surface area (Å²) in [5, 5.41) is 6.57. The zero-order chi connectivity index (χ0) is 25.5. The summed E-state index contributed by atoms with van der Waals surface area (Å²) < 4.78 is 27.5. The maximum Gasteiger partial charge on any atom is 0.269 e. The first-order valence-corrected chi connectivity index (χ1v) is 11.5. The van der Waals surface area contributed by atoms with Crippen LogP contribution in [0.15, 0.2) is 29.6 Å². The molecule has 2 aromatic rings. The van der Waals surface area contributed by atoms with Crippen molar-refractivity contribution >= 4 is 23.2 Å². The summed E-state index contributed by atoms with van der Waals surface area (Å²) in [5.74, 6) is -3.65. The Balaban J connectivity index is 1.45. The molecule has 9 heteroatoms. The molecule has 2 unspecified atom stereocenters. The van der Waals surface area contributed by atoms with Crippen LogP contribution in [0.1, 0.15) is 55.7 Å². The number of Topliss-reactive ketones (excluding diaryl/α,β-unsaturated/α-hetero) is 2. The summed E-state index contributed by atoms with van der Waals surface area (Å²) in [6.45, 7) is 7.42. The summed E-state index contributed by atoms with van der Waals surface area (Å²) in [6.07, 6.45) is 1.78. The Morgan fingerprint density at radius 1 is 1.17 bits per heavy atom. The van der Waals surface area contributed by atoms with E-state index in [-0.39, 0.29) is 36.1 Å². The van der Waals surface area contributed by atoms with Crippen molar-refractivity contribution in [2.24, 2.45) is 11.1 Å². The predicted octanol–water partition coefficient (Wildman–Crippen LogP) is 3.95. The molecule has 184 valence electrons. The number of rotatable bonds is 6. The number of amides is 1. The first-order chi connectivity index (χ1) is 16.5. The van der Waals surface area contributed by atoms with Crippen LogP contribution in [0.2, 0.25) is 0 Å². The van der Waals surface area contributed by atoms with Crippen molar-refractivity contribution in [3.05, 3.63) is 52.7 Å². The maximum atomic E-state index is 14.2. The van der Waals surface area contributed by atoms with Gasteiger partial charge in [-0.1, -0.05) is 5.16 Å². The van der Waals surface area contributed by atoms with Gasteiger partial charge in [-0.2, -0.15) is 0 Å². The summed E-state index contributed by atoms with van der Waals surface area (Å²) in [7, 11) is 0. The Morgan fingerprint density at radius 3 is 2.46 bits per heavy atom. The highest BCUT2D eigenvalue weighted by Crippen LogP contribution is 2.38. The van der Waals surface area contributed by atoms with Gasteiger partial charge in [-0.05, 0) is 62.9 Å². The molecule has 1 aromatic carbocycles. The number of aromatic nitrogens is 1. The third-order valence-electron chi connectivity index (χ3n) is 6.46. The largest absolute Gasteiger partial charge is 0.389 e. The maximum absolute atomic E-state index is 14.2. The normalized spacial score (nSPS) is 21.1. The van der Waals surface area contributed by atoms with Gasteiger partial charge >= 0.3 is 0 Å². The van der Waals surface area contributed by atoms with Gasteiger partial charge in [-0.25, -0.2) is 8.78 Å². The summed E-state index contributed by atoms with van der Waals surface area (Å²) in [4.78, 5) is 47.4. The van der Waals surface area contributed by atoms with Gasteiger partial charge in [0.15, 0.2) is 11.6 Å². The van der Waals surface area contributed by atoms with Crippen molar-refractivity contribution in [2.75, 3.05) is 6.54 Å². The molecule has 7 nitrogen and oxygen atoms in total. The number of benzene rings is 1. The molecule has 0 radical (unpaired) electrons. The number of nitrogens with one attached hydrogen (secondary N) is 1. The Kier molecular flexibility index (Phi) is 6.53. The van der Waals surface area contributed by atoms with Crippen LogP contribution in [0, 0.1) is 31.4 Å². The number of aryl methyl sites for hydroxylation is 2. The van der Waals surface area contributed by atoms with Crippen LogP contribution in [0.25, 0.3) is 11.3 Å². The van der Waals surface area contributed by atoms with E-state index in [0.717, 1.165) is 12.3 Å². The lowest BCUT2D eigenvalue weighted by Crippen LogP contribution is -2.34. The number of pyridine rings is 1. The fourth-order valence-electron chi connectivity index (χ4n) is 4.83. The monoisotopic (exact) mass is 483 g/mol. The molecule has 1 amide bonds. The first-order valence-electron chi connectivity index (χ1n) is 11.5. The molecular weight excluding hydrogens is 456 g/mol. The number of hydrogen-bond acceptors (Lipinski definition) is 6. The summed E-state index contributed by atoms with van der Waals surface area (Å²) in [5.41, 5.74) is 2.17. The van der Waals surface area contributed by atoms with E-state index in [9.17, 15) is 23.2 Å². The Hall–Kier alpha value is -3.49. The Morgan fingerprint density at radius 2 is 1.86 bits per heavy atom. The van der Waals surface area contributed by atoms with Gasteiger partial charge in [-0.15, -0.1) is 0 Å². The molecule has 0 saturated heterocycles. The predicted molar refractivity (Wildman–Crippen MR) is 125 cm³/mol. The first kappa shape index (κ1) is 24.6. The van der Waals surface area contributed by atoms with Crippen LogP contribution < -0.4 is 5.32 Å². The molecule has 2 aliphatic rings. The molecule has 1 saturated carbocycles. The molecule has 35 heavy (non-hydrogen) atoms. The van der Waals surface area contributed by atoms with E-state index in [1.54, 1.807) is 26.0 Å². The molecular formula is C26H27F2N3O4. The van der Waals surface area contributed by atoms with Crippen molar-refractivity contribution < 1.29 is 28.0 Å². The number of oxime groups is 1. The molecule has 1 N–H and O–H groups in total. The van der Waals surface area contributed by atoms with E-state index in [0.29, 0.717) is 40.8 Å². The number of carbonyl (C=O) groups excluding carboxylic acids is 3. The SMILES string of the molecule is Cc1cc(-c2ncc(F)cc2F)cc(C)c1C1C(=O)CC(CCNC(=O)C2=NOC(C)(C)C2)C1=O. The van der Waals surface area contributed by atoms with Crippen molar-refractivity contribution in [3.8, 4) is 11.3 Å². The van der Waals surface area contributed by atoms with Gasteiger partial charge in [0.1, 0.15) is 34.5 Å². The summed E-state index contributed by atoms with van der Waals surface area (Å²) in [6, 6.07) is 4.08. The van der Waals surface area contributed by atoms with E-state index >= 15 is 0 Å². The highest BCUT2D eigenvalue weighted by molar-refractivity contribution is 6.39. The number of nitrogens with zero attached hydrogens (tertiary/aromatic N) is 2. The lowest BCUT2D eigenvalue weighted by molar-refractivity contribution is -0.125. The van der Waals surface area contributed by atoms with Crippen molar-refractivity contribution in [2.45, 2.75) is 58.5 Å². The van der Waals surface area contributed by atoms with Crippen LogP contribution in [-0.2, 0) is 19.2 Å². The number of halogens is 2. The fourth-order valence-corrected chi connectivity index (χ4v) is 4.83. The molecule has 0 spiro atoms. The Bertz CT molecular complexity index is 1230. The van der Waals surface area contributed by atoms with Gasteiger partial charge in [0.2, 0.25) is 0 Å². The van der Waals surface area contributed by atoms with E-state index in [1.807, 2.05) is 13.8 Å².